The Bertz CT molecular complexity index is 1200. The maximum atomic E-state index is 13.3. The van der Waals surface area contributed by atoms with Gasteiger partial charge in [-0.05, 0) is 37.6 Å². The van der Waals surface area contributed by atoms with Gasteiger partial charge in [0.2, 0.25) is 5.51 Å². The summed E-state index contributed by atoms with van der Waals surface area (Å²) >= 11 is 1.67. The topological polar surface area (TPSA) is 59.3 Å². The molecule has 0 atom stereocenters. The van der Waals surface area contributed by atoms with Crippen molar-refractivity contribution < 1.29 is 18.9 Å². The number of ether oxygens (including phenoxy) is 1. The summed E-state index contributed by atoms with van der Waals surface area (Å²) in [6.07, 6.45) is 15.3. The number of carbonyl (C=O) groups is 2. The number of nitrogens with zero attached hydrogens (tertiary/aromatic N) is 1. The van der Waals surface area contributed by atoms with Gasteiger partial charge in [0.05, 0.1) is 23.1 Å². The smallest absolute Gasteiger partial charge is 0.259 e. The second-order valence-electron chi connectivity index (χ2n) is 10.8. The molecule has 0 saturated carbocycles. The van der Waals surface area contributed by atoms with Crippen LogP contribution in [0.15, 0.2) is 53.4 Å². The van der Waals surface area contributed by atoms with Gasteiger partial charge in [-0.3, -0.25) is 9.59 Å². The summed E-state index contributed by atoms with van der Waals surface area (Å²) in [6, 6.07) is 13.1. The number of hydrogen-bond donors (Lipinski definition) is 1. The normalized spacial score (nSPS) is 11.0. The highest BCUT2D eigenvalue weighted by molar-refractivity contribution is 7.07. The number of anilines is 1. The first-order valence-corrected chi connectivity index (χ1v) is 16.0. The van der Waals surface area contributed by atoms with Crippen molar-refractivity contribution in [3.05, 3.63) is 75.7 Å². The number of Topliss-reactive ketones (excluding diaryl/α,β-unsaturated/α-hetero) is 1. The van der Waals surface area contributed by atoms with Gasteiger partial charge < -0.3 is 10.1 Å². The molecule has 6 heteroatoms. The molecule has 0 aliphatic heterocycles. The number of para-hydroxylation sites is 1. The second-order valence-corrected chi connectivity index (χ2v) is 11.5. The monoisotopic (exact) mass is 563 g/mol. The number of carbonyl (C=O) groups excluding carboxylic acids is 2. The van der Waals surface area contributed by atoms with Gasteiger partial charge in [-0.2, -0.15) is 4.57 Å². The van der Waals surface area contributed by atoms with E-state index in [0.29, 0.717) is 23.5 Å². The number of thiazole rings is 1. The van der Waals surface area contributed by atoms with Crippen LogP contribution in [-0.4, -0.2) is 18.3 Å². The van der Waals surface area contributed by atoms with Gasteiger partial charge in [0.1, 0.15) is 5.75 Å². The quantitative estimate of drug-likeness (QED) is 0.0900. The van der Waals surface area contributed by atoms with Gasteiger partial charge in [-0.1, -0.05) is 107 Å². The maximum Gasteiger partial charge on any atom is 0.259 e. The molecule has 0 saturated heterocycles. The number of amides is 1. The average Bonchev–Trinajstić information content (AvgIpc) is 3.35. The molecular formula is C34H47N2O3S+. The molecular weight excluding hydrogens is 516 g/mol. The van der Waals surface area contributed by atoms with Gasteiger partial charge in [-0.15, -0.1) is 0 Å². The number of aryl methyl sites for hydroxylation is 1. The molecule has 3 aromatic rings. The fourth-order valence-corrected chi connectivity index (χ4v) is 5.70. The highest BCUT2D eigenvalue weighted by Gasteiger charge is 2.19. The summed E-state index contributed by atoms with van der Waals surface area (Å²) in [6.45, 7) is 7.10. The molecule has 3 rings (SSSR count). The van der Waals surface area contributed by atoms with Crippen LogP contribution >= 0.6 is 11.3 Å². The summed E-state index contributed by atoms with van der Waals surface area (Å²) in [5, 5.41) is 5.13. The first-order chi connectivity index (χ1) is 19.5. The van der Waals surface area contributed by atoms with Crippen LogP contribution in [0.4, 0.5) is 5.69 Å². The van der Waals surface area contributed by atoms with Crippen molar-refractivity contribution >= 4 is 28.7 Å². The number of benzene rings is 2. The molecule has 1 amide bonds. The third-order valence-electron chi connectivity index (χ3n) is 7.30. The number of ketones is 1. The maximum absolute atomic E-state index is 13.3. The van der Waals surface area contributed by atoms with E-state index in [2.05, 4.69) is 40.7 Å². The summed E-state index contributed by atoms with van der Waals surface area (Å²) in [4.78, 5) is 25.7. The van der Waals surface area contributed by atoms with Crippen LogP contribution < -0.4 is 14.6 Å². The zero-order chi connectivity index (χ0) is 28.6. The lowest BCUT2D eigenvalue weighted by atomic mass is 10.0. The summed E-state index contributed by atoms with van der Waals surface area (Å²) in [5.41, 5.74) is 5.95. The predicted octanol–water partition coefficient (Wildman–Crippen LogP) is 8.93. The Labute approximate surface area is 245 Å². The second kappa shape index (κ2) is 17.6. The van der Waals surface area contributed by atoms with E-state index in [1.807, 2.05) is 18.2 Å². The van der Waals surface area contributed by atoms with E-state index in [9.17, 15) is 9.59 Å². The molecule has 0 bridgehead atoms. The highest BCUT2D eigenvalue weighted by Crippen LogP contribution is 2.27. The van der Waals surface area contributed by atoms with Crippen LogP contribution in [-0.2, 0) is 6.54 Å². The van der Waals surface area contributed by atoms with Crippen molar-refractivity contribution in [3.63, 3.8) is 0 Å². The van der Waals surface area contributed by atoms with Crippen LogP contribution in [0.25, 0.3) is 0 Å². The van der Waals surface area contributed by atoms with Crippen molar-refractivity contribution in [2.45, 2.75) is 104 Å². The molecule has 40 heavy (non-hydrogen) atoms. The Balaban J connectivity index is 1.49. The van der Waals surface area contributed by atoms with Crippen LogP contribution in [0.5, 0.6) is 5.75 Å². The number of rotatable bonds is 19. The van der Waals surface area contributed by atoms with Gasteiger partial charge in [0.25, 0.3) is 5.91 Å². The first kappa shape index (κ1) is 31.5. The lowest BCUT2D eigenvalue weighted by Crippen LogP contribution is -2.34. The number of hydrogen-bond acceptors (Lipinski definition) is 4. The zero-order valence-corrected chi connectivity index (χ0v) is 25.5. The summed E-state index contributed by atoms with van der Waals surface area (Å²) in [7, 11) is 0. The van der Waals surface area contributed by atoms with Crippen molar-refractivity contribution in [1.29, 1.82) is 0 Å². The zero-order valence-electron chi connectivity index (χ0n) is 24.7. The van der Waals surface area contributed by atoms with Crippen molar-refractivity contribution in [3.8, 4) is 5.75 Å². The SMILES string of the molecule is CCCCCCCCCCCCCCOc1c(C(C)=O)cccc1C(=O)Nc1cccc(C[n+]2cscc2C)c1. The van der Waals surface area contributed by atoms with Crippen LogP contribution in [0, 0.1) is 6.92 Å². The van der Waals surface area contributed by atoms with Gasteiger partial charge >= 0.3 is 0 Å². The first-order valence-electron chi connectivity index (χ1n) is 15.1. The molecule has 5 nitrogen and oxygen atoms in total. The predicted molar refractivity (Wildman–Crippen MR) is 166 cm³/mol. The lowest BCUT2D eigenvalue weighted by molar-refractivity contribution is -0.689. The number of aromatic nitrogens is 1. The highest BCUT2D eigenvalue weighted by atomic mass is 32.1. The summed E-state index contributed by atoms with van der Waals surface area (Å²) in [5.74, 6) is 0.00462. The van der Waals surface area contributed by atoms with E-state index < -0.39 is 0 Å². The number of nitrogens with one attached hydrogen (secondary N) is 1. The van der Waals surface area contributed by atoms with Crippen molar-refractivity contribution in [1.82, 2.24) is 0 Å². The van der Waals surface area contributed by atoms with E-state index >= 15 is 0 Å². The van der Waals surface area contributed by atoms with E-state index in [1.54, 1.807) is 29.5 Å². The van der Waals surface area contributed by atoms with E-state index in [-0.39, 0.29) is 11.7 Å². The molecule has 2 aromatic carbocycles. The minimum Gasteiger partial charge on any atom is -0.492 e. The standard InChI is InChI=1S/C34H46N2O3S/c1-4-5-6-7-8-9-10-11-12-13-14-15-22-39-33-31(28(3)37)20-17-21-32(33)34(38)35-30-19-16-18-29(23-30)24-36-26-40-25-27(36)2/h16-21,23,25-26H,4-15,22,24H2,1-3H3/p+1. The third kappa shape index (κ3) is 10.5. The Morgan fingerprint density at radius 2 is 1.48 bits per heavy atom. The molecule has 0 aliphatic carbocycles. The molecule has 0 aliphatic rings. The Morgan fingerprint density at radius 1 is 0.850 bits per heavy atom. The molecule has 1 N–H and O–H groups in total. The fourth-order valence-electron chi connectivity index (χ4n) is 4.92. The minimum absolute atomic E-state index is 0.107. The average molecular weight is 564 g/mol. The van der Waals surface area contributed by atoms with Gasteiger partial charge in [0.15, 0.2) is 18.0 Å². The van der Waals surface area contributed by atoms with E-state index in [0.717, 1.165) is 30.6 Å². The van der Waals surface area contributed by atoms with E-state index in [4.69, 9.17) is 4.74 Å². The lowest BCUT2D eigenvalue weighted by Gasteiger charge is -2.15. The van der Waals surface area contributed by atoms with Gasteiger partial charge in [0, 0.05) is 18.2 Å². The molecule has 216 valence electrons. The summed E-state index contributed by atoms with van der Waals surface area (Å²) < 4.78 is 8.29. The Morgan fingerprint density at radius 3 is 2.10 bits per heavy atom. The van der Waals surface area contributed by atoms with Gasteiger partial charge in [-0.25, -0.2) is 0 Å². The minimum atomic E-state index is -0.274. The molecule has 0 unspecified atom stereocenters. The van der Waals surface area contributed by atoms with Crippen LogP contribution in [0.2, 0.25) is 0 Å². The molecule has 0 fully saturated rings. The Hall–Kier alpha value is -2.99. The molecule has 1 heterocycles. The van der Waals surface area contributed by atoms with Crippen LogP contribution in [0.3, 0.4) is 0 Å². The van der Waals surface area contributed by atoms with Crippen molar-refractivity contribution in [2.24, 2.45) is 0 Å². The largest absolute Gasteiger partial charge is 0.492 e. The molecule has 0 radical (unpaired) electrons. The van der Waals surface area contributed by atoms with Crippen LogP contribution in [0.1, 0.15) is 123 Å². The Kier molecular flexibility index (Phi) is 13.9. The van der Waals surface area contributed by atoms with Crippen molar-refractivity contribution in [2.75, 3.05) is 11.9 Å². The third-order valence-corrected chi connectivity index (χ3v) is 8.15. The molecule has 0 spiro atoms. The fraction of sp³-hybridized carbons (Fsp3) is 0.500. The molecule has 1 aromatic heterocycles. The van der Waals surface area contributed by atoms with E-state index in [1.165, 1.54) is 76.8 Å². The number of unbranched alkanes of at least 4 members (excludes halogenated alkanes) is 11.